The van der Waals surface area contributed by atoms with Gasteiger partial charge in [0.25, 0.3) is 0 Å². The molecule has 0 saturated carbocycles. The monoisotopic (exact) mass is 202 g/mol. The van der Waals surface area contributed by atoms with Gasteiger partial charge in [0.1, 0.15) is 0 Å². The minimum atomic E-state index is 0.823. The molecule has 0 aliphatic heterocycles. The smallest absolute Gasteiger partial charge is 0.183 e. The zero-order chi connectivity index (χ0) is 9.38. The largest absolute Gasteiger partial charge is 0.234 e. The van der Waals surface area contributed by atoms with Crippen LogP contribution in [0.3, 0.4) is 0 Å². The predicted octanol–water partition coefficient (Wildman–Crippen LogP) is 1.85. The molecule has 3 aromatic rings. The highest BCUT2D eigenvalue weighted by Gasteiger charge is 2.07. The summed E-state index contributed by atoms with van der Waals surface area (Å²) in [6.45, 7) is 0. The normalized spacial score (nSPS) is 10.9. The molecular weight excluding hydrogens is 196 g/mol. The average molecular weight is 202 g/mol. The molecule has 14 heavy (non-hydrogen) atoms. The molecule has 0 aliphatic carbocycles. The first kappa shape index (κ1) is 7.64. The Morgan fingerprint density at radius 1 is 1.14 bits per heavy atom. The Morgan fingerprint density at radius 3 is 2.86 bits per heavy atom. The van der Waals surface area contributed by atoms with Crippen LogP contribution in [-0.2, 0) is 0 Å². The maximum Gasteiger partial charge on any atom is 0.234 e. The Hall–Kier alpha value is -1.75. The SMILES string of the molecule is c1ccc(-c2csc3nnnn23)cc1. The van der Waals surface area contributed by atoms with Gasteiger partial charge in [0.2, 0.25) is 4.96 Å². The lowest BCUT2D eigenvalue weighted by atomic mass is 10.2. The third-order valence-corrected chi connectivity index (χ3v) is 2.82. The van der Waals surface area contributed by atoms with Crippen molar-refractivity contribution in [2.75, 3.05) is 0 Å². The van der Waals surface area contributed by atoms with E-state index in [1.54, 1.807) is 15.9 Å². The minimum absolute atomic E-state index is 0.823. The maximum atomic E-state index is 3.92. The van der Waals surface area contributed by atoms with Gasteiger partial charge in [-0.05, 0) is 10.4 Å². The number of tetrazole rings is 1. The second kappa shape index (κ2) is 2.88. The number of hydrogen-bond donors (Lipinski definition) is 0. The Morgan fingerprint density at radius 2 is 2.00 bits per heavy atom. The summed E-state index contributed by atoms with van der Waals surface area (Å²) in [7, 11) is 0. The molecule has 68 valence electrons. The third-order valence-electron chi connectivity index (χ3n) is 2.01. The number of hydrogen-bond acceptors (Lipinski definition) is 4. The second-order valence-electron chi connectivity index (χ2n) is 2.86. The van der Waals surface area contributed by atoms with E-state index in [-0.39, 0.29) is 0 Å². The lowest BCUT2D eigenvalue weighted by Crippen LogP contribution is -1.87. The van der Waals surface area contributed by atoms with Crippen molar-refractivity contribution in [3.8, 4) is 11.3 Å². The maximum absolute atomic E-state index is 3.92. The molecule has 0 bridgehead atoms. The van der Waals surface area contributed by atoms with Gasteiger partial charge in [-0.1, -0.05) is 35.4 Å². The summed E-state index contributed by atoms with van der Waals surface area (Å²) in [5.74, 6) is 0. The van der Waals surface area contributed by atoms with Crippen LogP contribution >= 0.6 is 11.3 Å². The fraction of sp³-hybridized carbons (Fsp3) is 0. The van der Waals surface area contributed by atoms with E-state index >= 15 is 0 Å². The summed E-state index contributed by atoms with van der Waals surface area (Å²) < 4.78 is 1.75. The summed E-state index contributed by atoms with van der Waals surface area (Å²) in [5, 5.41) is 13.5. The second-order valence-corrected chi connectivity index (χ2v) is 3.70. The quantitative estimate of drug-likeness (QED) is 0.604. The molecule has 0 spiro atoms. The Labute approximate surface area is 83.8 Å². The third kappa shape index (κ3) is 1.03. The predicted molar refractivity (Wildman–Crippen MR) is 54.1 cm³/mol. The fourth-order valence-corrected chi connectivity index (χ4v) is 2.13. The van der Waals surface area contributed by atoms with Crippen LogP contribution in [0.1, 0.15) is 0 Å². The molecule has 4 nitrogen and oxygen atoms in total. The summed E-state index contributed by atoms with van der Waals surface area (Å²) in [6.07, 6.45) is 0. The van der Waals surface area contributed by atoms with Gasteiger partial charge in [-0.3, -0.25) is 0 Å². The minimum Gasteiger partial charge on any atom is -0.183 e. The zero-order valence-corrected chi connectivity index (χ0v) is 7.98. The van der Waals surface area contributed by atoms with E-state index < -0.39 is 0 Å². The van der Waals surface area contributed by atoms with Crippen molar-refractivity contribution >= 4 is 16.3 Å². The van der Waals surface area contributed by atoms with Crippen LogP contribution < -0.4 is 0 Å². The van der Waals surface area contributed by atoms with Crippen LogP contribution in [-0.4, -0.2) is 20.0 Å². The van der Waals surface area contributed by atoms with Crippen molar-refractivity contribution < 1.29 is 0 Å². The summed E-state index contributed by atoms with van der Waals surface area (Å²) >= 11 is 1.54. The van der Waals surface area contributed by atoms with Crippen LogP contribution in [0, 0.1) is 0 Å². The molecule has 0 atom stereocenters. The van der Waals surface area contributed by atoms with Gasteiger partial charge < -0.3 is 0 Å². The molecule has 0 fully saturated rings. The van der Waals surface area contributed by atoms with E-state index in [0.29, 0.717) is 0 Å². The van der Waals surface area contributed by atoms with Gasteiger partial charge in [-0.25, -0.2) is 0 Å². The molecule has 0 amide bonds. The van der Waals surface area contributed by atoms with Crippen molar-refractivity contribution in [2.24, 2.45) is 0 Å². The highest BCUT2D eigenvalue weighted by Crippen LogP contribution is 2.23. The average Bonchev–Trinajstić information content (AvgIpc) is 2.79. The molecule has 0 N–H and O–H groups in total. The van der Waals surface area contributed by atoms with Crippen molar-refractivity contribution in [1.29, 1.82) is 0 Å². The molecule has 1 aromatic carbocycles. The van der Waals surface area contributed by atoms with Crippen LogP contribution in [0.25, 0.3) is 16.2 Å². The van der Waals surface area contributed by atoms with Crippen molar-refractivity contribution in [1.82, 2.24) is 20.0 Å². The number of nitrogens with zero attached hydrogens (tertiary/aromatic N) is 4. The lowest BCUT2D eigenvalue weighted by Gasteiger charge is -1.95. The molecule has 0 radical (unpaired) electrons. The Kier molecular flexibility index (Phi) is 1.57. The van der Waals surface area contributed by atoms with E-state index in [0.717, 1.165) is 16.2 Å². The molecule has 0 saturated heterocycles. The van der Waals surface area contributed by atoms with Crippen LogP contribution in [0.5, 0.6) is 0 Å². The molecular formula is C9H6N4S. The number of benzene rings is 1. The number of rotatable bonds is 1. The first-order valence-electron chi connectivity index (χ1n) is 4.16. The highest BCUT2D eigenvalue weighted by molar-refractivity contribution is 7.15. The topological polar surface area (TPSA) is 43.1 Å². The van der Waals surface area contributed by atoms with Gasteiger partial charge in [0.05, 0.1) is 5.69 Å². The summed E-state index contributed by atoms with van der Waals surface area (Å²) in [4.78, 5) is 0.823. The van der Waals surface area contributed by atoms with E-state index in [9.17, 15) is 0 Å². The molecule has 3 rings (SSSR count). The number of aromatic nitrogens is 4. The van der Waals surface area contributed by atoms with Crippen molar-refractivity contribution in [3.05, 3.63) is 35.7 Å². The Balaban J connectivity index is 2.28. The summed E-state index contributed by atoms with van der Waals surface area (Å²) in [6, 6.07) is 10.1. The molecule has 0 aliphatic rings. The van der Waals surface area contributed by atoms with Crippen LogP contribution in [0.4, 0.5) is 0 Å². The van der Waals surface area contributed by atoms with E-state index in [4.69, 9.17) is 0 Å². The van der Waals surface area contributed by atoms with Crippen LogP contribution in [0.15, 0.2) is 35.7 Å². The van der Waals surface area contributed by atoms with E-state index in [1.165, 1.54) is 0 Å². The van der Waals surface area contributed by atoms with Gasteiger partial charge in [-0.15, -0.1) is 11.3 Å². The van der Waals surface area contributed by atoms with Crippen molar-refractivity contribution in [2.45, 2.75) is 0 Å². The molecule has 2 heterocycles. The standard InChI is InChI=1S/C9H6N4S/c1-2-4-7(5-3-1)8-6-14-9-10-11-12-13(8)9/h1-6H. The number of thiazole rings is 1. The molecule has 5 heteroatoms. The van der Waals surface area contributed by atoms with Crippen molar-refractivity contribution in [3.63, 3.8) is 0 Å². The lowest BCUT2D eigenvalue weighted by molar-refractivity contribution is 0.830. The first-order chi connectivity index (χ1) is 6.95. The first-order valence-corrected chi connectivity index (χ1v) is 5.04. The number of fused-ring (bicyclic) bond motifs is 1. The Bertz CT molecular complexity index is 554. The van der Waals surface area contributed by atoms with Gasteiger partial charge >= 0.3 is 0 Å². The van der Waals surface area contributed by atoms with Gasteiger partial charge in [0.15, 0.2) is 0 Å². The summed E-state index contributed by atoms with van der Waals surface area (Å²) in [5.41, 5.74) is 2.17. The van der Waals surface area contributed by atoms with E-state index in [1.807, 2.05) is 35.7 Å². The fourth-order valence-electron chi connectivity index (χ4n) is 1.36. The van der Waals surface area contributed by atoms with E-state index in [2.05, 4.69) is 15.5 Å². The van der Waals surface area contributed by atoms with Gasteiger partial charge in [-0.2, -0.15) is 4.52 Å². The van der Waals surface area contributed by atoms with Crippen LogP contribution in [0.2, 0.25) is 0 Å². The zero-order valence-electron chi connectivity index (χ0n) is 7.16. The highest BCUT2D eigenvalue weighted by atomic mass is 32.1. The molecule has 2 aromatic heterocycles. The molecule has 0 unspecified atom stereocenters. The van der Waals surface area contributed by atoms with Gasteiger partial charge in [0, 0.05) is 10.9 Å².